The molecular weight excluding hydrogens is 392 g/mol. The zero-order chi connectivity index (χ0) is 22.1. The molecule has 0 aliphatic heterocycles. The molecule has 4 aromatic carbocycles. The van der Waals surface area contributed by atoms with Gasteiger partial charge >= 0.3 is 0 Å². The highest BCUT2D eigenvalue weighted by Crippen LogP contribution is 2.44. The van der Waals surface area contributed by atoms with Crippen molar-refractivity contribution in [3.63, 3.8) is 0 Å². The molecule has 1 atom stereocenters. The van der Waals surface area contributed by atoms with Crippen LogP contribution in [0.2, 0.25) is 0 Å². The van der Waals surface area contributed by atoms with E-state index in [2.05, 4.69) is 37.3 Å². The Kier molecular flexibility index (Phi) is 5.40. The first-order valence-corrected chi connectivity index (χ1v) is 11.6. The van der Waals surface area contributed by atoms with Gasteiger partial charge in [0.25, 0.3) is 0 Å². The van der Waals surface area contributed by atoms with Crippen molar-refractivity contribution in [2.75, 3.05) is 0 Å². The monoisotopic (exact) mass is 420 g/mol. The largest absolute Gasteiger partial charge is 0.380 e. The van der Waals surface area contributed by atoms with Crippen molar-refractivity contribution in [3.05, 3.63) is 118 Å². The second-order valence-electron chi connectivity index (χ2n) is 8.85. The standard InChI is InChI=1S/C30H28O2/c1-2-3-4-12-22-14-10-19-27-28(22)29(31)25-17-7-8-18-26(25)30(27,32)20-23-15-9-13-21-11-5-6-16-24(21)23/h5-11,13-19,32H,2-4,12,20H2,1H3. The van der Waals surface area contributed by atoms with Crippen LogP contribution in [0.1, 0.15) is 64.4 Å². The summed E-state index contributed by atoms with van der Waals surface area (Å²) in [5, 5.41) is 14.6. The van der Waals surface area contributed by atoms with Gasteiger partial charge < -0.3 is 5.11 Å². The molecule has 5 rings (SSSR count). The Balaban J connectivity index is 1.69. The van der Waals surface area contributed by atoms with E-state index < -0.39 is 5.60 Å². The third-order valence-corrected chi connectivity index (χ3v) is 6.82. The van der Waals surface area contributed by atoms with Crippen molar-refractivity contribution in [2.45, 2.75) is 44.6 Å². The zero-order valence-electron chi connectivity index (χ0n) is 18.5. The first-order valence-electron chi connectivity index (χ1n) is 11.6. The summed E-state index contributed by atoms with van der Waals surface area (Å²) in [4.78, 5) is 13.6. The lowest BCUT2D eigenvalue weighted by Crippen LogP contribution is -2.38. The quantitative estimate of drug-likeness (QED) is 0.357. The lowest BCUT2D eigenvalue weighted by atomic mass is 9.70. The normalized spacial score (nSPS) is 17.2. The van der Waals surface area contributed by atoms with Crippen LogP contribution in [0.25, 0.3) is 10.8 Å². The van der Waals surface area contributed by atoms with Crippen LogP contribution in [-0.2, 0) is 18.4 Å². The average Bonchev–Trinajstić information content (AvgIpc) is 2.83. The van der Waals surface area contributed by atoms with Crippen LogP contribution in [0.5, 0.6) is 0 Å². The topological polar surface area (TPSA) is 37.3 Å². The second-order valence-corrected chi connectivity index (χ2v) is 8.85. The predicted molar refractivity (Wildman–Crippen MR) is 130 cm³/mol. The lowest BCUT2D eigenvalue weighted by Gasteiger charge is -2.37. The van der Waals surface area contributed by atoms with E-state index in [0.29, 0.717) is 23.1 Å². The van der Waals surface area contributed by atoms with Crippen molar-refractivity contribution in [3.8, 4) is 0 Å². The molecule has 160 valence electrons. The van der Waals surface area contributed by atoms with Gasteiger partial charge in [0.15, 0.2) is 5.78 Å². The summed E-state index contributed by atoms with van der Waals surface area (Å²) in [6.45, 7) is 2.19. The minimum atomic E-state index is -1.26. The highest BCUT2D eigenvalue weighted by molar-refractivity contribution is 6.14. The van der Waals surface area contributed by atoms with E-state index in [-0.39, 0.29) is 5.78 Å². The van der Waals surface area contributed by atoms with Gasteiger partial charge in [0.05, 0.1) is 0 Å². The van der Waals surface area contributed by atoms with Crippen LogP contribution in [0.4, 0.5) is 0 Å². The highest BCUT2D eigenvalue weighted by atomic mass is 16.3. The summed E-state index contributed by atoms with van der Waals surface area (Å²) < 4.78 is 0. The van der Waals surface area contributed by atoms with E-state index in [4.69, 9.17) is 0 Å². The molecule has 0 bridgehead atoms. The van der Waals surface area contributed by atoms with E-state index in [1.165, 1.54) is 0 Å². The third-order valence-electron chi connectivity index (χ3n) is 6.82. The fourth-order valence-electron chi connectivity index (χ4n) is 5.22. The SMILES string of the molecule is CCCCCc1cccc2c1C(=O)c1ccccc1C2(O)Cc1cccc2ccccc12. The second kappa shape index (κ2) is 8.37. The Morgan fingerprint density at radius 2 is 1.44 bits per heavy atom. The molecule has 0 fully saturated rings. The van der Waals surface area contributed by atoms with Crippen molar-refractivity contribution in [1.82, 2.24) is 0 Å². The maximum Gasteiger partial charge on any atom is 0.194 e. The third kappa shape index (κ3) is 3.36. The number of aliphatic hydroxyl groups is 1. The smallest absolute Gasteiger partial charge is 0.194 e. The summed E-state index contributed by atoms with van der Waals surface area (Å²) in [6, 6.07) is 28.1. The Hall–Kier alpha value is -3.23. The van der Waals surface area contributed by atoms with Gasteiger partial charge in [-0.3, -0.25) is 4.79 Å². The van der Waals surface area contributed by atoms with Gasteiger partial charge in [-0.1, -0.05) is 105 Å². The van der Waals surface area contributed by atoms with Crippen LogP contribution < -0.4 is 0 Å². The fraction of sp³-hybridized carbons (Fsp3) is 0.233. The molecule has 1 N–H and O–H groups in total. The number of hydrogen-bond acceptors (Lipinski definition) is 2. The molecule has 0 heterocycles. The number of fused-ring (bicyclic) bond motifs is 3. The van der Waals surface area contributed by atoms with Crippen LogP contribution in [0.15, 0.2) is 84.9 Å². The number of carbonyl (C=O) groups excluding carboxylic acids is 1. The maximum atomic E-state index is 13.6. The Morgan fingerprint density at radius 3 is 2.31 bits per heavy atom. The molecule has 0 saturated carbocycles. The molecule has 1 unspecified atom stereocenters. The molecule has 0 spiro atoms. The van der Waals surface area contributed by atoms with E-state index in [1.54, 1.807) is 0 Å². The predicted octanol–water partition coefficient (Wildman–Crippen LogP) is 6.60. The molecule has 0 radical (unpaired) electrons. The van der Waals surface area contributed by atoms with Gasteiger partial charge in [0.1, 0.15) is 5.60 Å². The summed E-state index contributed by atoms with van der Waals surface area (Å²) in [5.74, 6) is 0.0327. The molecule has 4 aromatic rings. The van der Waals surface area contributed by atoms with Gasteiger partial charge in [-0.15, -0.1) is 0 Å². The summed E-state index contributed by atoms with van der Waals surface area (Å²) >= 11 is 0. The first kappa shape index (κ1) is 20.7. The number of carbonyl (C=O) groups is 1. The molecule has 0 saturated heterocycles. The first-order chi connectivity index (χ1) is 15.6. The van der Waals surface area contributed by atoms with Crippen LogP contribution in [0, 0.1) is 0 Å². The van der Waals surface area contributed by atoms with Crippen LogP contribution >= 0.6 is 0 Å². The molecule has 1 aliphatic rings. The van der Waals surface area contributed by atoms with Gasteiger partial charge in [0, 0.05) is 17.5 Å². The van der Waals surface area contributed by atoms with E-state index in [9.17, 15) is 9.90 Å². The van der Waals surface area contributed by atoms with Gasteiger partial charge in [-0.2, -0.15) is 0 Å². The summed E-state index contributed by atoms with van der Waals surface area (Å²) in [7, 11) is 0. The molecule has 0 aromatic heterocycles. The van der Waals surface area contributed by atoms with E-state index in [1.807, 2.05) is 54.6 Å². The average molecular weight is 421 g/mol. The number of rotatable bonds is 6. The van der Waals surface area contributed by atoms with Gasteiger partial charge in [-0.25, -0.2) is 0 Å². The molecule has 1 aliphatic carbocycles. The Morgan fingerprint density at radius 1 is 0.750 bits per heavy atom. The van der Waals surface area contributed by atoms with Gasteiger partial charge in [0.2, 0.25) is 0 Å². The lowest BCUT2D eigenvalue weighted by molar-refractivity contribution is 0.0722. The fourth-order valence-corrected chi connectivity index (χ4v) is 5.22. The molecule has 32 heavy (non-hydrogen) atoms. The number of unbranched alkanes of at least 4 members (excludes halogenated alkanes) is 2. The van der Waals surface area contributed by atoms with Crippen LogP contribution in [0.3, 0.4) is 0 Å². The minimum absolute atomic E-state index is 0.0327. The number of benzene rings is 4. The van der Waals surface area contributed by atoms with Crippen LogP contribution in [-0.4, -0.2) is 10.9 Å². The molecular formula is C30H28O2. The molecule has 2 nitrogen and oxygen atoms in total. The van der Waals surface area contributed by atoms with E-state index in [0.717, 1.165) is 53.1 Å². The van der Waals surface area contributed by atoms with Crippen molar-refractivity contribution in [1.29, 1.82) is 0 Å². The highest BCUT2D eigenvalue weighted by Gasteiger charge is 2.43. The molecule has 2 heteroatoms. The molecule has 0 amide bonds. The number of aryl methyl sites for hydroxylation is 1. The Bertz CT molecular complexity index is 1300. The van der Waals surface area contributed by atoms with Crippen molar-refractivity contribution < 1.29 is 9.90 Å². The van der Waals surface area contributed by atoms with Crippen molar-refractivity contribution in [2.24, 2.45) is 0 Å². The van der Waals surface area contributed by atoms with Gasteiger partial charge in [-0.05, 0) is 45.9 Å². The minimum Gasteiger partial charge on any atom is -0.380 e. The summed E-state index contributed by atoms with van der Waals surface area (Å²) in [5.41, 5.74) is 3.63. The zero-order valence-corrected chi connectivity index (χ0v) is 18.5. The van der Waals surface area contributed by atoms with E-state index >= 15 is 0 Å². The maximum absolute atomic E-state index is 13.6. The number of hydrogen-bond donors (Lipinski definition) is 1. The Labute approximate surface area is 189 Å². The number of ketones is 1. The van der Waals surface area contributed by atoms with Crippen molar-refractivity contribution >= 4 is 16.6 Å². The summed E-state index contributed by atoms with van der Waals surface area (Å²) in [6.07, 6.45) is 4.59.